The van der Waals surface area contributed by atoms with Crippen LogP contribution in [0.1, 0.15) is 41.9 Å². The van der Waals surface area contributed by atoms with E-state index in [-0.39, 0.29) is 40.8 Å². The number of hydrogen-bond donors (Lipinski definition) is 2. The molecule has 5 atom stereocenters. The van der Waals surface area contributed by atoms with Crippen molar-refractivity contribution in [2.24, 2.45) is 5.92 Å². The summed E-state index contributed by atoms with van der Waals surface area (Å²) in [4.78, 5) is 33.5. The van der Waals surface area contributed by atoms with E-state index >= 15 is 0 Å². The molecule has 0 bridgehead atoms. The van der Waals surface area contributed by atoms with Gasteiger partial charge in [-0.3, -0.25) is 9.59 Å². The highest BCUT2D eigenvalue weighted by Crippen LogP contribution is 2.35. The minimum atomic E-state index is -0.779. The summed E-state index contributed by atoms with van der Waals surface area (Å²) in [6, 6.07) is 2.40. The number of aromatic nitrogens is 3. The number of carbonyl (C=O) groups is 2. The Morgan fingerprint density at radius 2 is 2.12 bits per heavy atom. The number of halogens is 1. The molecule has 1 saturated carbocycles. The molecule has 11 heteroatoms. The molecule has 3 aliphatic rings. The van der Waals surface area contributed by atoms with Gasteiger partial charge in [-0.25, -0.2) is 4.98 Å². The first-order chi connectivity index (χ1) is 16.0. The first-order valence-corrected chi connectivity index (χ1v) is 12.6. The van der Waals surface area contributed by atoms with Gasteiger partial charge in [-0.05, 0) is 30.9 Å². The molecule has 0 radical (unpaired) electrons. The standard InChI is InChI=1S/C22H26ClN5O4S/c23-13-10-28(18-15(29)11-32-19(13)18)22(31)17(12-5-2-1-3-6-12)26-20(30)21-24-9-16(33-21)14-7-4-8-25-27-14/h4,7-9,12-13,15,17-19,29H,1-3,5-6,10-11H2,(H,26,30)/t13-,15-,17-,18+,19+/m0/s1. The maximum absolute atomic E-state index is 13.7. The third-order valence-corrected chi connectivity index (χ3v) is 8.16. The number of aliphatic hydroxyl groups excluding tert-OH is 1. The number of likely N-dealkylation sites (tertiary alicyclic amines) is 1. The van der Waals surface area contributed by atoms with E-state index in [2.05, 4.69) is 20.5 Å². The van der Waals surface area contributed by atoms with Crippen LogP contribution in [0.4, 0.5) is 0 Å². The normalized spacial score (nSPS) is 28.5. The Labute approximate surface area is 200 Å². The summed E-state index contributed by atoms with van der Waals surface area (Å²) in [5.41, 5.74) is 0.639. The Balaban J connectivity index is 1.36. The zero-order chi connectivity index (χ0) is 22.9. The lowest BCUT2D eigenvalue weighted by Crippen LogP contribution is -2.56. The van der Waals surface area contributed by atoms with Crippen LogP contribution in [0, 0.1) is 5.92 Å². The Morgan fingerprint density at radius 3 is 2.88 bits per heavy atom. The van der Waals surface area contributed by atoms with Crippen molar-refractivity contribution in [3.05, 3.63) is 29.5 Å². The van der Waals surface area contributed by atoms with E-state index in [1.165, 1.54) is 11.3 Å². The van der Waals surface area contributed by atoms with E-state index in [0.29, 0.717) is 12.2 Å². The van der Waals surface area contributed by atoms with Crippen LogP contribution in [0.2, 0.25) is 0 Å². The number of thiazole rings is 1. The highest BCUT2D eigenvalue weighted by molar-refractivity contribution is 7.16. The van der Waals surface area contributed by atoms with Gasteiger partial charge >= 0.3 is 0 Å². The van der Waals surface area contributed by atoms with Gasteiger partial charge in [-0.2, -0.15) is 5.10 Å². The van der Waals surface area contributed by atoms with Gasteiger partial charge in [0, 0.05) is 18.9 Å². The smallest absolute Gasteiger partial charge is 0.280 e. The fourth-order valence-corrected chi connectivity index (χ4v) is 6.30. The van der Waals surface area contributed by atoms with Crippen molar-refractivity contribution in [3.8, 4) is 10.6 Å². The number of carbonyl (C=O) groups excluding carboxylic acids is 2. The minimum Gasteiger partial charge on any atom is -0.388 e. The summed E-state index contributed by atoms with van der Waals surface area (Å²) in [6.45, 7) is 0.451. The first kappa shape index (κ1) is 22.6. The second-order valence-corrected chi connectivity index (χ2v) is 10.4. The van der Waals surface area contributed by atoms with E-state index in [0.717, 1.165) is 37.0 Å². The maximum Gasteiger partial charge on any atom is 0.280 e. The van der Waals surface area contributed by atoms with Gasteiger partial charge in [0.05, 0.1) is 29.0 Å². The number of nitrogens with zero attached hydrogens (tertiary/aromatic N) is 4. The van der Waals surface area contributed by atoms with Crippen LogP contribution in [0.3, 0.4) is 0 Å². The summed E-state index contributed by atoms with van der Waals surface area (Å²) < 4.78 is 5.62. The number of ether oxygens (including phenoxy) is 1. The van der Waals surface area contributed by atoms with E-state index < -0.39 is 18.2 Å². The molecule has 2 amide bonds. The quantitative estimate of drug-likeness (QED) is 0.613. The second-order valence-electron chi connectivity index (χ2n) is 8.85. The third-order valence-electron chi connectivity index (χ3n) is 6.76. The van der Waals surface area contributed by atoms with Crippen LogP contribution >= 0.6 is 22.9 Å². The summed E-state index contributed by atoms with van der Waals surface area (Å²) >= 11 is 7.64. The van der Waals surface area contributed by atoms with Crippen LogP contribution in [0.25, 0.3) is 10.6 Å². The summed E-state index contributed by atoms with van der Waals surface area (Å²) in [6.07, 6.45) is 6.92. The fraction of sp³-hybridized carbons (Fsp3) is 0.591. The SMILES string of the molecule is O=C(N[C@H](C(=O)N1C[C@H](Cl)[C@H]2OC[C@H](O)[C@H]21)C1CCCCC1)c1ncc(-c2cccnn2)s1. The summed E-state index contributed by atoms with van der Waals surface area (Å²) in [7, 11) is 0. The molecule has 2 aromatic heterocycles. The van der Waals surface area contributed by atoms with Crippen LogP contribution < -0.4 is 5.32 Å². The lowest BCUT2D eigenvalue weighted by Gasteiger charge is -2.35. The summed E-state index contributed by atoms with van der Waals surface area (Å²) in [5.74, 6) is -0.564. The molecule has 0 spiro atoms. The van der Waals surface area contributed by atoms with Crippen molar-refractivity contribution in [1.82, 2.24) is 25.4 Å². The van der Waals surface area contributed by atoms with Gasteiger partial charge in [0.15, 0.2) is 5.01 Å². The second kappa shape index (κ2) is 9.61. The monoisotopic (exact) mass is 491 g/mol. The van der Waals surface area contributed by atoms with E-state index in [4.69, 9.17) is 16.3 Å². The van der Waals surface area contributed by atoms with Crippen LogP contribution in [0.15, 0.2) is 24.5 Å². The third kappa shape index (κ3) is 4.49. The summed E-state index contributed by atoms with van der Waals surface area (Å²) in [5, 5.41) is 21.2. The predicted octanol–water partition coefficient (Wildman–Crippen LogP) is 1.86. The molecule has 2 saturated heterocycles. The lowest BCUT2D eigenvalue weighted by molar-refractivity contribution is -0.137. The molecule has 0 unspecified atom stereocenters. The zero-order valence-electron chi connectivity index (χ0n) is 18.0. The van der Waals surface area contributed by atoms with Crippen LogP contribution in [-0.4, -0.2) is 79.8 Å². The van der Waals surface area contributed by atoms with Gasteiger partial charge in [0.25, 0.3) is 5.91 Å². The van der Waals surface area contributed by atoms with Crippen LogP contribution in [0.5, 0.6) is 0 Å². The largest absolute Gasteiger partial charge is 0.388 e. The van der Waals surface area contributed by atoms with E-state index in [9.17, 15) is 14.7 Å². The number of hydrogen-bond acceptors (Lipinski definition) is 8. The van der Waals surface area contributed by atoms with Crippen LogP contribution in [-0.2, 0) is 9.53 Å². The average molecular weight is 492 g/mol. The molecular weight excluding hydrogens is 466 g/mol. The van der Waals surface area contributed by atoms with Gasteiger partial charge in [0.2, 0.25) is 5.91 Å². The van der Waals surface area contributed by atoms with Crippen molar-refractivity contribution < 1.29 is 19.4 Å². The van der Waals surface area contributed by atoms with Crippen molar-refractivity contribution in [2.75, 3.05) is 13.2 Å². The number of rotatable bonds is 5. The van der Waals surface area contributed by atoms with Gasteiger partial charge < -0.3 is 20.1 Å². The van der Waals surface area contributed by atoms with Gasteiger partial charge in [-0.1, -0.05) is 19.3 Å². The highest BCUT2D eigenvalue weighted by atomic mass is 35.5. The molecule has 1 aliphatic carbocycles. The first-order valence-electron chi connectivity index (χ1n) is 11.3. The van der Waals surface area contributed by atoms with Crippen molar-refractivity contribution in [2.45, 2.75) is 61.8 Å². The number of nitrogens with one attached hydrogen (secondary N) is 1. The number of amides is 2. The fourth-order valence-electron chi connectivity index (χ4n) is 5.14. The van der Waals surface area contributed by atoms with Crippen molar-refractivity contribution in [3.63, 3.8) is 0 Å². The molecule has 2 aliphatic heterocycles. The van der Waals surface area contributed by atoms with Crippen molar-refractivity contribution >= 4 is 34.8 Å². The molecule has 2 N–H and O–H groups in total. The molecule has 5 rings (SSSR count). The topological polar surface area (TPSA) is 118 Å². The van der Waals surface area contributed by atoms with Gasteiger partial charge in [0.1, 0.15) is 17.8 Å². The van der Waals surface area contributed by atoms with Gasteiger partial charge in [-0.15, -0.1) is 28.0 Å². The molecule has 33 heavy (non-hydrogen) atoms. The Kier molecular flexibility index (Phi) is 6.60. The molecule has 0 aromatic carbocycles. The number of fused-ring (bicyclic) bond motifs is 1. The van der Waals surface area contributed by atoms with E-state index in [1.807, 2.05) is 0 Å². The van der Waals surface area contributed by atoms with E-state index in [1.54, 1.807) is 29.4 Å². The molecule has 9 nitrogen and oxygen atoms in total. The Hall–Kier alpha value is -2.14. The molecule has 2 aromatic rings. The molecule has 4 heterocycles. The highest BCUT2D eigenvalue weighted by Gasteiger charge is 2.53. The molecule has 176 valence electrons. The number of aliphatic hydroxyl groups is 1. The predicted molar refractivity (Wildman–Crippen MR) is 122 cm³/mol. The lowest BCUT2D eigenvalue weighted by atomic mass is 9.83. The average Bonchev–Trinajstić information content (AvgIpc) is 3.56. The zero-order valence-corrected chi connectivity index (χ0v) is 19.5. The number of alkyl halides is 1. The molecular formula is C22H26ClN5O4S. The van der Waals surface area contributed by atoms with Crippen molar-refractivity contribution in [1.29, 1.82) is 0 Å². The minimum absolute atomic E-state index is 0.0295. The maximum atomic E-state index is 13.7. The Morgan fingerprint density at radius 1 is 1.30 bits per heavy atom. The molecule has 3 fully saturated rings. The Bertz CT molecular complexity index is 1000.